The molecule has 0 aliphatic heterocycles. The van der Waals surface area contributed by atoms with Gasteiger partial charge in [-0.05, 0) is 32.0 Å². The van der Waals surface area contributed by atoms with Crippen molar-refractivity contribution in [3.63, 3.8) is 0 Å². The van der Waals surface area contributed by atoms with Crippen LogP contribution in [0.15, 0.2) is 23.2 Å². The van der Waals surface area contributed by atoms with Crippen molar-refractivity contribution in [1.29, 1.82) is 0 Å². The van der Waals surface area contributed by atoms with Crippen molar-refractivity contribution >= 4 is 11.9 Å². The number of aliphatic imine (C=N–C) groups is 1. The van der Waals surface area contributed by atoms with Gasteiger partial charge in [0.15, 0.2) is 5.96 Å². The molecule has 0 atom stereocenters. The van der Waals surface area contributed by atoms with Crippen LogP contribution in [0.5, 0.6) is 0 Å². The molecule has 5 nitrogen and oxygen atoms in total. The summed E-state index contributed by atoms with van der Waals surface area (Å²) in [7, 11) is 1.56. The number of carbonyl (C=O) groups is 1. The van der Waals surface area contributed by atoms with Crippen LogP contribution in [-0.2, 0) is 11.3 Å². The van der Waals surface area contributed by atoms with E-state index in [-0.39, 0.29) is 24.1 Å². The van der Waals surface area contributed by atoms with Crippen LogP contribution in [0, 0.1) is 11.6 Å². The fourth-order valence-electron chi connectivity index (χ4n) is 1.77. The molecule has 122 valence electrons. The topological polar surface area (TPSA) is 65.5 Å². The van der Waals surface area contributed by atoms with Crippen molar-refractivity contribution in [1.82, 2.24) is 16.0 Å². The molecule has 1 amide bonds. The molecule has 1 aromatic rings. The first-order chi connectivity index (χ1) is 10.4. The first kappa shape index (κ1) is 17.9. The van der Waals surface area contributed by atoms with Crippen molar-refractivity contribution in [3.05, 3.63) is 35.4 Å². The SMILES string of the molecule is CN=C(NCCC(=O)NC(C)C)NCc1cc(F)ccc1F. The first-order valence-corrected chi connectivity index (χ1v) is 7.10. The minimum absolute atomic E-state index is 0.0610. The highest BCUT2D eigenvalue weighted by Gasteiger charge is 2.06. The third-order valence-electron chi connectivity index (χ3n) is 2.77. The zero-order chi connectivity index (χ0) is 16.5. The largest absolute Gasteiger partial charge is 0.356 e. The van der Waals surface area contributed by atoms with Gasteiger partial charge >= 0.3 is 0 Å². The highest BCUT2D eigenvalue weighted by atomic mass is 19.1. The summed E-state index contributed by atoms with van der Waals surface area (Å²) in [6, 6.07) is 3.38. The molecule has 0 saturated carbocycles. The lowest BCUT2D eigenvalue weighted by molar-refractivity contribution is -0.121. The summed E-state index contributed by atoms with van der Waals surface area (Å²) in [6.07, 6.45) is 0.299. The summed E-state index contributed by atoms with van der Waals surface area (Å²) < 4.78 is 26.5. The number of rotatable bonds is 6. The Labute approximate surface area is 129 Å². The average Bonchev–Trinajstić information content (AvgIpc) is 2.45. The van der Waals surface area contributed by atoms with Gasteiger partial charge in [-0.1, -0.05) is 0 Å². The minimum atomic E-state index is -0.494. The van der Waals surface area contributed by atoms with Crippen molar-refractivity contribution in [2.24, 2.45) is 4.99 Å². The molecule has 22 heavy (non-hydrogen) atoms. The molecule has 0 radical (unpaired) electrons. The Morgan fingerprint density at radius 2 is 2.00 bits per heavy atom. The van der Waals surface area contributed by atoms with Gasteiger partial charge in [0.2, 0.25) is 5.91 Å². The van der Waals surface area contributed by atoms with Gasteiger partial charge in [0.1, 0.15) is 11.6 Å². The van der Waals surface area contributed by atoms with Gasteiger partial charge < -0.3 is 16.0 Å². The molecule has 0 heterocycles. The van der Waals surface area contributed by atoms with Crippen LogP contribution in [0.3, 0.4) is 0 Å². The smallest absolute Gasteiger partial charge is 0.221 e. The maximum atomic E-state index is 13.5. The lowest BCUT2D eigenvalue weighted by Gasteiger charge is -2.13. The number of nitrogens with zero attached hydrogens (tertiary/aromatic N) is 1. The third-order valence-corrected chi connectivity index (χ3v) is 2.77. The molecule has 0 bridgehead atoms. The molecule has 0 aromatic heterocycles. The Morgan fingerprint density at radius 1 is 1.27 bits per heavy atom. The molecule has 0 aliphatic rings. The van der Waals surface area contributed by atoms with E-state index in [0.717, 1.165) is 18.2 Å². The minimum Gasteiger partial charge on any atom is -0.356 e. The van der Waals surface area contributed by atoms with E-state index in [0.29, 0.717) is 18.9 Å². The predicted molar refractivity (Wildman–Crippen MR) is 82.5 cm³/mol. The second-order valence-corrected chi connectivity index (χ2v) is 5.06. The first-order valence-electron chi connectivity index (χ1n) is 7.10. The summed E-state index contributed by atoms with van der Waals surface area (Å²) in [6.45, 7) is 4.27. The number of nitrogens with one attached hydrogen (secondary N) is 3. The van der Waals surface area contributed by atoms with Crippen LogP contribution in [0.2, 0.25) is 0 Å². The number of halogens is 2. The highest BCUT2D eigenvalue weighted by Crippen LogP contribution is 2.08. The van der Waals surface area contributed by atoms with E-state index in [1.807, 2.05) is 13.8 Å². The van der Waals surface area contributed by atoms with Gasteiger partial charge in [-0.3, -0.25) is 9.79 Å². The van der Waals surface area contributed by atoms with Gasteiger partial charge in [-0.25, -0.2) is 8.78 Å². The molecule has 1 rings (SSSR count). The molecular weight excluding hydrogens is 290 g/mol. The number of hydrogen-bond donors (Lipinski definition) is 3. The van der Waals surface area contributed by atoms with E-state index >= 15 is 0 Å². The van der Waals surface area contributed by atoms with Crippen LogP contribution in [-0.4, -0.2) is 31.5 Å². The summed E-state index contributed by atoms with van der Waals surface area (Å²) in [5.74, 6) is -0.623. The summed E-state index contributed by atoms with van der Waals surface area (Å²) in [4.78, 5) is 15.4. The van der Waals surface area contributed by atoms with E-state index in [1.165, 1.54) is 0 Å². The van der Waals surface area contributed by atoms with Gasteiger partial charge in [0, 0.05) is 38.2 Å². The Bertz CT molecular complexity index is 532. The fraction of sp³-hybridized carbons (Fsp3) is 0.467. The molecule has 0 saturated heterocycles. The average molecular weight is 312 g/mol. The van der Waals surface area contributed by atoms with Crippen molar-refractivity contribution in [3.8, 4) is 0 Å². The number of guanidine groups is 1. The van der Waals surface area contributed by atoms with Crippen molar-refractivity contribution in [2.45, 2.75) is 32.9 Å². The Morgan fingerprint density at radius 3 is 2.64 bits per heavy atom. The van der Waals surface area contributed by atoms with Gasteiger partial charge in [-0.2, -0.15) is 0 Å². The maximum absolute atomic E-state index is 13.5. The van der Waals surface area contributed by atoms with Crippen LogP contribution in [0.25, 0.3) is 0 Å². The van der Waals surface area contributed by atoms with Gasteiger partial charge in [-0.15, -0.1) is 0 Å². The standard InChI is InChI=1S/C15H22F2N4O/c1-10(2)21-14(22)6-7-19-15(18-3)20-9-11-8-12(16)4-5-13(11)17/h4-5,8,10H,6-7,9H2,1-3H3,(H,21,22)(H2,18,19,20). The Hall–Kier alpha value is -2.18. The summed E-state index contributed by atoms with van der Waals surface area (Å²) in [5.41, 5.74) is 0.209. The normalized spacial score (nSPS) is 11.5. The molecular formula is C15H22F2N4O. The lowest BCUT2D eigenvalue weighted by atomic mass is 10.2. The van der Waals surface area contributed by atoms with E-state index in [9.17, 15) is 13.6 Å². The molecule has 0 fully saturated rings. The predicted octanol–water partition coefficient (Wildman–Crippen LogP) is 1.54. The van der Waals surface area contributed by atoms with Crippen LogP contribution < -0.4 is 16.0 Å². The maximum Gasteiger partial charge on any atom is 0.221 e. The van der Waals surface area contributed by atoms with E-state index < -0.39 is 11.6 Å². The van der Waals surface area contributed by atoms with Crippen LogP contribution in [0.1, 0.15) is 25.8 Å². The summed E-state index contributed by atoms with van der Waals surface area (Å²) in [5, 5.41) is 8.58. The van der Waals surface area contributed by atoms with Crippen LogP contribution in [0.4, 0.5) is 8.78 Å². The zero-order valence-electron chi connectivity index (χ0n) is 13.0. The van der Waals surface area contributed by atoms with Crippen molar-refractivity contribution in [2.75, 3.05) is 13.6 Å². The number of benzene rings is 1. The zero-order valence-corrected chi connectivity index (χ0v) is 13.0. The van der Waals surface area contributed by atoms with E-state index in [4.69, 9.17) is 0 Å². The molecule has 0 aliphatic carbocycles. The number of hydrogen-bond acceptors (Lipinski definition) is 2. The second-order valence-electron chi connectivity index (χ2n) is 5.06. The summed E-state index contributed by atoms with van der Waals surface area (Å²) >= 11 is 0. The Kier molecular flexibility index (Phi) is 7.28. The molecule has 0 unspecified atom stereocenters. The molecule has 3 N–H and O–H groups in total. The van der Waals surface area contributed by atoms with E-state index in [1.54, 1.807) is 7.05 Å². The van der Waals surface area contributed by atoms with Gasteiger partial charge in [0.25, 0.3) is 0 Å². The van der Waals surface area contributed by atoms with Crippen molar-refractivity contribution < 1.29 is 13.6 Å². The van der Waals surface area contributed by atoms with E-state index in [2.05, 4.69) is 20.9 Å². The molecule has 1 aromatic carbocycles. The lowest BCUT2D eigenvalue weighted by Crippen LogP contribution is -2.39. The monoisotopic (exact) mass is 312 g/mol. The molecule has 7 heteroatoms. The number of amides is 1. The Balaban J connectivity index is 2.40. The van der Waals surface area contributed by atoms with Crippen LogP contribution >= 0.6 is 0 Å². The fourth-order valence-corrected chi connectivity index (χ4v) is 1.77. The third kappa shape index (κ3) is 6.51. The second kappa shape index (κ2) is 8.96. The van der Waals surface area contributed by atoms with Gasteiger partial charge in [0.05, 0.1) is 0 Å². The quantitative estimate of drug-likeness (QED) is 0.551. The molecule has 0 spiro atoms. The number of carbonyl (C=O) groups excluding carboxylic acids is 1. The highest BCUT2D eigenvalue weighted by molar-refractivity contribution is 5.81.